The number of carbonyl (C=O) groups excluding carboxylic acids is 3. The minimum Gasteiger partial charge on any atom is -0.465 e. The Morgan fingerprint density at radius 3 is 2.22 bits per heavy atom. The highest BCUT2D eigenvalue weighted by Crippen LogP contribution is 2.11. The first kappa shape index (κ1) is 28.7. The van der Waals surface area contributed by atoms with Crippen molar-refractivity contribution in [1.82, 2.24) is 10.3 Å². The maximum atomic E-state index is 13.3. The monoisotopic (exact) mass is 495 g/mol. The van der Waals surface area contributed by atoms with E-state index in [1.807, 2.05) is 60.7 Å². The molecule has 0 aliphatic heterocycles. The van der Waals surface area contributed by atoms with Crippen LogP contribution in [0.4, 0.5) is 0 Å². The molecule has 0 aliphatic rings. The molecule has 2 aromatic rings. The van der Waals surface area contributed by atoms with Gasteiger partial charge >= 0.3 is 11.9 Å². The van der Waals surface area contributed by atoms with Gasteiger partial charge in [-0.15, -0.1) is 0 Å². The van der Waals surface area contributed by atoms with Crippen molar-refractivity contribution in [3.8, 4) is 0 Å². The molecule has 8 heteroatoms. The molecular weight excluding hydrogens is 458 g/mol. The molecule has 0 heterocycles. The molecular formula is C28H37N3O5. The number of esters is 2. The molecule has 1 unspecified atom stereocenters. The molecule has 2 atom stereocenters. The average molecular weight is 496 g/mol. The van der Waals surface area contributed by atoms with Gasteiger partial charge in [0, 0.05) is 0 Å². The minimum absolute atomic E-state index is 0.233. The maximum absolute atomic E-state index is 13.3. The molecule has 0 fully saturated rings. The van der Waals surface area contributed by atoms with Gasteiger partial charge in [-0.25, -0.2) is 5.01 Å². The van der Waals surface area contributed by atoms with Crippen molar-refractivity contribution in [3.05, 3.63) is 71.8 Å². The van der Waals surface area contributed by atoms with Crippen LogP contribution in [0.1, 0.15) is 52.2 Å². The quantitative estimate of drug-likeness (QED) is 0.274. The van der Waals surface area contributed by atoms with Crippen LogP contribution in [0.3, 0.4) is 0 Å². The summed E-state index contributed by atoms with van der Waals surface area (Å²) in [4.78, 5) is 38.5. The van der Waals surface area contributed by atoms with E-state index in [4.69, 9.17) is 9.47 Å². The number of rotatable bonds is 12. The highest BCUT2D eigenvalue weighted by Gasteiger charge is 2.29. The van der Waals surface area contributed by atoms with E-state index in [9.17, 15) is 14.4 Å². The first-order valence-corrected chi connectivity index (χ1v) is 12.2. The van der Waals surface area contributed by atoms with Gasteiger partial charge in [0.2, 0.25) is 0 Å². The zero-order valence-electron chi connectivity index (χ0n) is 21.8. The second-order valence-corrected chi connectivity index (χ2v) is 9.35. The number of amides is 1. The second kappa shape index (κ2) is 14.1. The van der Waals surface area contributed by atoms with Gasteiger partial charge in [0.1, 0.15) is 18.2 Å². The molecule has 36 heavy (non-hydrogen) atoms. The summed E-state index contributed by atoms with van der Waals surface area (Å²) in [7, 11) is 0. The van der Waals surface area contributed by atoms with Crippen molar-refractivity contribution in [1.29, 1.82) is 0 Å². The second-order valence-electron chi connectivity index (χ2n) is 9.35. The van der Waals surface area contributed by atoms with E-state index in [-0.39, 0.29) is 13.2 Å². The number of nitrogens with one attached hydrogen (secondary N) is 1. The largest absolute Gasteiger partial charge is 0.465 e. The van der Waals surface area contributed by atoms with Gasteiger partial charge in [-0.05, 0) is 58.6 Å². The summed E-state index contributed by atoms with van der Waals surface area (Å²) in [6.07, 6.45) is 2.58. The molecule has 2 rings (SSSR count). The van der Waals surface area contributed by atoms with E-state index < -0.39 is 35.5 Å². The fourth-order valence-electron chi connectivity index (χ4n) is 3.41. The molecule has 1 N–H and O–H groups in total. The van der Waals surface area contributed by atoms with Crippen LogP contribution in [-0.2, 0) is 30.3 Å². The third-order valence-corrected chi connectivity index (χ3v) is 5.06. The summed E-state index contributed by atoms with van der Waals surface area (Å²) in [5.41, 5.74) is 1.14. The van der Waals surface area contributed by atoms with Crippen molar-refractivity contribution in [2.75, 3.05) is 13.2 Å². The smallest absolute Gasteiger partial charge is 0.328 e. The summed E-state index contributed by atoms with van der Waals surface area (Å²) in [5.74, 6) is -1.49. The number of hydrogen-bond donors (Lipinski definition) is 1. The van der Waals surface area contributed by atoms with E-state index in [2.05, 4.69) is 10.4 Å². The third-order valence-electron chi connectivity index (χ3n) is 5.06. The van der Waals surface area contributed by atoms with Crippen LogP contribution in [-0.4, -0.2) is 59.9 Å². The lowest BCUT2D eigenvalue weighted by atomic mass is 10.0. The predicted molar refractivity (Wildman–Crippen MR) is 139 cm³/mol. The van der Waals surface area contributed by atoms with Crippen molar-refractivity contribution in [2.45, 2.75) is 65.1 Å². The Morgan fingerprint density at radius 1 is 1.03 bits per heavy atom. The Bertz CT molecular complexity index is 1000. The number of hydrazone groups is 1. The lowest BCUT2D eigenvalue weighted by molar-refractivity contribution is -0.159. The van der Waals surface area contributed by atoms with Crippen molar-refractivity contribution in [2.24, 2.45) is 5.10 Å². The third kappa shape index (κ3) is 10.4. The Balaban J connectivity index is 2.17. The molecule has 0 bridgehead atoms. The van der Waals surface area contributed by atoms with E-state index in [0.717, 1.165) is 16.1 Å². The molecule has 194 valence electrons. The van der Waals surface area contributed by atoms with Crippen LogP contribution < -0.4 is 5.32 Å². The predicted octanol–water partition coefficient (Wildman–Crippen LogP) is 3.73. The van der Waals surface area contributed by atoms with Gasteiger partial charge in [0.25, 0.3) is 5.91 Å². The number of nitrogens with zero attached hydrogens (tertiary/aromatic N) is 2. The first-order chi connectivity index (χ1) is 17.1. The highest BCUT2D eigenvalue weighted by molar-refractivity contribution is 5.88. The zero-order chi connectivity index (χ0) is 26.6. The SMILES string of the molecule is CCOC(=O)C(CCc1ccccc1)N[C@@H](C)C(=O)N(CC(=O)OC(C)(C)C)/N=C/c1ccccc1. The molecule has 0 spiro atoms. The Kier molecular flexibility index (Phi) is 11.3. The maximum Gasteiger partial charge on any atom is 0.328 e. The van der Waals surface area contributed by atoms with Gasteiger partial charge < -0.3 is 9.47 Å². The molecule has 0 aromatic heterocycles. The van der Waals surface area contributed by atoms with Gasteiger partial charge in [0.15, 0.2) is 0 Å². The number of carbonyl (C=O) groups is 3. The van der Waals surface area contributed by atoms with Crippen molar-refractivity contribution in [3.63, 3.8) is 0 Å². The van der Waals surface area contributed by atoms with Crippen molar-refractivity contribution < 1.29 is 23.9 Å². The first-order valence-electron chi connectivity index (χ1n) is 12.2. The molecule has 1 amide bonds. The van der Waals surface area contributed by atoms with Crippen LogP contribution in [0.2, 0.25) is 0 Å². The molecule has 0 aliphatic carbocycles. The average Bonchev–Trinajstić information content (AvgIpc) is 2.84. The summed E-state index contributed by atoms with van der Waals surface area (Å²) in [6, 6.07) is 17.5. The number of aryl methyl sites for hydroxylation is 1. The van der Waals surface area contributed by atoms with Crippen LogP contribution >= 0.6 is 0 Å². The molecule has 8 nitrogen and oxygen atoms in total. The highest BCUT2D eigenvalue weighted by atomic mass is 16.6. The normalized spacial score (nSPS) is 13.1. The van der Waals surface area contributed by atoms with Crippen LogP contribution in [0, 0.1) is 0 Å². The number of hydrogen-bond acceptors (Lipinski definition) is 7. The van der Waals surface area contributed by atoms with Gasteiger partial charge in [-0.3, -0.25) is 19.7 Å². The molecule has 0 radical (unpaired) electrons. The Labute approximate surface area is 213 Å². The van der Waals surface area contributed by atoms with E-state index >= 15 is 0 Å². The zero-order valence-corrected chi connectivity index (χ0v) is 21.8. The summed E-state index contributed by atoms with van der Waals surface area (Å²) >= 11 is 0. The summed E-state index contributed by atoms with van der Waals surface area (Å²) in [6.45, 7) is 8.51. The topological polar surface area (TPSA) is 97.3 Å². The molecule has 2 aromatic carbocycles. The molecule has 0 saturated heterocycles. The summed E-state index contributed by atoms with van der Waals surface area (Å²) < 4.78 is 10.6. The lowest BCUT2D eigenvalue weighted by Gasteiger charge is -2.26. The lowest BCUT2D eigenvalue weighted by Crippen LogP contribution is -2.51. The fourth-order valence-corrected chi connectivity index (χ4v) is 3.41. The van der Waals surface area contributed by atoms with Crippen LogP contribution in [0.5, 0.6) is 0 Å². The number of ether oxygens (including phenoxy) is 2. The van der Waals surface area contributed by atoms with Gasteiger partial charge in [-0.2, -0.15) is 5.10 Å². The fraction of sp³-hybridized carbons (Fsp3) is 0.429. The Morgan fingerprint density at radius 2 is 1.64 bits per heavy atom. The van der Waals surface area contributed by atoms with Gasteiger partial charge in [0.05, 0.1) is 18.9 Å². The van der Waals surface area contributed by atoms with E-state index in [1.54, 1.807) is 34.6 Å². The van der Waals surface area contributed by atoms with Gasteiger partial charge in [-0.1, -0.05) is 60.7 Å². The summed E-state index contributed by atoms with van der Waals surface area (Å²) in [5, 5.41) is 8.42. The Hall–Kier alpha value is -3.52. The van der Waals surface area contributed by atoms with E-state index in [0.29, 0.717) is 12.8 Å². The minimum atomic E-state index is -0.814. The van der Waals surface area contributed by atoms with Crippen molar-refractivity contribution >= 4 is 24.1 Å². The standard InChI is InChI=1S/C28H37N3O5/c1-6-35-27(34)24(18-17-22-13-9-7-10-14-22)30-21(2)26(33)31(20-25(32)36-28(3,4)5)29-19-23-15-11-8-12-16-23/h7-16,19,21,24,30H,6,17-18,20H2,1-5H3/b29-19+/t21-,24?/m0/s1. The van der Waals surface area contributed by atoms with Crippen LogP contribution in [0.25, 0.3) is 0 Å². The van der Waals surface area contributed by atoms with Crippen LogP contribution in [0.15, 0.2) is 65.8 Å². The number of benzene rings is 2. The molecule has 0 saturated carbocycles. The van der Waals surface area contributed by atoms with E-state index in [1.165, 1.54) is 6.21 Å².